The third-order valence-electron chi connectivity index (χ3n) is 3.69. The Kier molecular flexibility index (Phi) is 4.38. The molecule has 0 spiro atoms. The van der Waals surface area contributed by atoms with Crippen LogP contribution in [0, 0.1) is 0 Å². The second-order valence-electron chi connectivity index (χ2n) is 5.22. The van der Waals surface area contributed by atoms with E-state index in [0.29, 0.717) is 35.0 Å². The van der Waals surface area contributed by atoms with Crippen LogP contribution >= 0.6 is 0 Å². The molecule has 7 heteroatoms. The first-order valence-electron chi connectivity index (χ1n) is 7.62. The molecule has 2 N–H and O–H groups in total. The molecule has 0 amide bonds. The molecule has 3 rings (SSSR count). The number of carboxylic acids is 1. The normalized spacial score (nSPS) is 10.6. The molecule has 0 unspecified atom stereocenters. The Labute approximate surface area is 142 Å². The molecule has 2 aromatic carbocycles. The number of H-pyrrole nitrogens is 1. The summed E-state index contributed by atoms with van der Waals surface area (Å²) in [6.45, 7) is 2.34. The second kappa shape index (κ2) is 6.64. The highest BCUT2D eigenvalue weighted by Crippen LogP contribution is 2.36. The lowest BCUT2D eigenvalue weighted by molar-refractivity contribution is 0.0697. The maximum absolute atomic E-state index is 12.4. The van der Waals surface area contributed by atoms with E-state index in [1.54, 1.807) is 18.2 Å². The van der Waals surface area contributed by atoms with E-state index in [2.05, 4.69) is 9.97 Å². The molecule has 128 valence electrons. The average Bonchev–Trinajstić information content (AvgIpc) is 2.61. The molecule has 0 saturated carbocycles. The van der Waals surface area contributed by atoms with Crippen LogP contribution in [0.25, 0.3) is 22.3 Å². The van der Waals surface area contributed by atoms with E-state index in [0.717, 1.165) is 0 Å². The van der Waals surface area contributed by atoms with Gasteiger partial charge in [0.2, 0.25) is 0 Å². The summed E-state index contributed by atoms with van der Waals surface area (Å²) in [5.74, 6) is 0.232. The van der Waals surface area contributed by atoms with Crippen LogP contribution in [0.4, 0.5) is 0 Å². The van der Waals surface area contributed by atoms with Crippen LogP contribution in [-0.4, -0.2) is 34.8 Å². The number of aromatic amines is 1. The van der Waals surface area contributed by atoms with Gasteiger partial charge in [-0.05, 0) is 37.3 Å². The Bertz CT molecular complexity index is 1010. The minimum Gasteiger partial charge on any atom is -0.492 e. The number of aromatic carboxylic acids is 1. The van der Waals surface area contributed by atoms with Crippen molar-refractivity contribution in [2.45, 2.75) is 6.92 Å². The number of rotatable bonds is 5. The van der Waals surface area contributed by atoms with Crippen LogP contribution in [0.15, 0.2) is 41.2 Å². The van der Waals surface area contributed by atoms with Gasteiger partial charge in [-0.3, -0.25) is 4.79 Å². The topological polar surface area (TPSA) is 102 Å². The number of nitrogens with one attached hydrogen (secondary N) is 1. The van der Waals surface area contributed by atoms with E-state index in [4.69, 9.17) is 14.6 Å². The van der Waals surface area contributed by atoms with Gasteiger partial charge in [-0.2, -0.15) is 0 Å². The molecule has 1 aromatic heterocycles. The summed E-state index contributed by atoms with van der Waals surface area (Å²) in [5, 5.41) is 9.27. The summed E-state index contributed by atoms with van der Waals surface area (Å²) in [4.78, 5) is 30.6. The van der Waals surface area contributed by atoms with Crippen molar-refractivity contribution in [1.29, 1.82) is 0 Å². The van der Waals surface area contributed by atoms with Crippen molar-refractivity contribution < 1.29 is 19.4 Å². The predicted molar refractivity (Wildman–Crippen MR) is 92.5 cm³/mol. The van der Waals surface area contributed by atoms with Gasteiger partial charge in [0.1, 0.15) is 5.82 Å². The molecule has 3 aromatic rings. The number of nitrogens with zero attached hydrogens (tertiary/aromatic N) is 1. The lowest BCUT2D eigenvalue weighted by Crippen LogP contribution is -2.11. The van der Waals surface area contributed by atoms with Gasteiger partial charge in [0, 0.05) is 0 Å². The third-order valence-corrected chi connectivity index (χ3v) is 3.69. The van der Waals surface area contributed by atoms with Crippen LogP contribution in [-0.2, 0) is 0 Å². The quantitative estimate of drug-likeness (QED) is 0.740. The third kappa shape index (κ3) is 3.03. The van der Waals surface area contributed by atoms with Gasteiger partial charge in [-0.1, -0.05) is 6.07 Å². The molecule has 1 heterocycles. The van der Waals surface area contributed by atoms with E-state index >= 15 is 0 Å². The van der Waals surface area contributed by atoms with Crippen LogP contribution in [0.3, 0.4) is 0 Å². The molecular weight excluding hydrogens is 324 g/mol. The molecule has 0 fully saturated rings. The van der Waals surface area contributed by atoms with Crippen LogP contribution in [0.2, 0.25) is 0 Å². The Morgan fingerprint density at radius 3 is 2.76 bits per heavy atom. The monoisotopic (exact) mass is 340 g/mol. The van der Waals surface area contributed by atoms with E-state index in [1.807, 2.05) is 6.92 Å². The molecule has 0 aliphatic carbocycles. The fraction of sp³-hybridized carbons (Fsp3) is 0.167. The zero-order valence-electron chi connectivity index (χ0n) is 13.7. The maximum atomic E-state index is 12.4. The minimum atomic E-state index is -1.10. The lowest BCUT2D eigenvalue weighted by Gasteiger charge is -2.13. The summed E-state index contributed by atoms with van der Waals surface area (Å²) < 4.78 is 11.0. The molecule has 0 aliphatic rings. The minimum absolute atomic E-state index is 0.0310. The van der Waals surface area contributed by atoms with E-state index in [1.165, 1.54) is 25.3 Å². The van der Waals surface area contributed by atoms with Crippen molar-refractivity contribution in [1.82, 2.24) is 9.97 Å². The van der Waals surface area contributed by atoms with Crippen LogP contribution in [0.1, 0.15) is 17.3 Å². The summed E-state index contributed by atoms with van der Waals surface area (Å²) in [6, 6.07) is 9.54. The number of hydrogen-bond acceptors (Lipinski definition) is 5. The maximum Gasteiger partial charge on any atom is 0.335 e. The second-order valence-corrected chi connectivity index (χ2v) is 5.22. The van der Waals surface area contributed by atoms with Crippen LogP contribution in [0.5, 0.6) is 11.5 Å². The van der Waals surface area contributed by atoms with Crippen molar-refractivity contribution in [3.63, 3.8) is 0 Å². The Morgan fingerprint density at radius 1 is 1.28 bits per heavy atom. The van der Waals surface area contributed by atoms with Gasteiger partial charge in [-0.25, -0.2) is 9.78 Å². The van der Waals surface area contributed by atoms with Gasteiger partial charge >= 0.3 is 5.97 Å². The highest BCUT2D eigenvalue weighted by atomic mass is 16.5. The standard InChI is InChI=1S/C18H16N2O5/c1-3-25-14-6-4-5-11(15(14)24-2)16-19-13-8-7-10(18(22)23)9-12(13)17(21)20-16/h4-9H,3H2,1-2H3,(H,22,23)(H,19,20,21). The van der Waals surface area contributed by atoms with Crippen molar-refractivity contribution in [3.8, 4) is 22.9 Å². The molecular formula is C18H16N2O5. The molecule has 0 aliphatic heterocycles. The number of carboxylic acid groups (broad SMARTS) is 1. The van der Waals surface area contributed by atoms with E-state index < -0.39 is 11.5 Å². The highest BCUT2D eigenvalue weighted by molar-refractivity contribution is 5.93. The fourth-order valence-electron chi connectivity index (χ4n) is 2.58. The number of methoxy groups -OCH3 is 1. The zero-order valence-corrected chi connectivity index (χ0v) is 13.7. The lowest BCUT2D eigenvalue weighted by atomic mass is 10.1. The molecule has 0 radical (unpaired) electrons. The highest BCUT2D eigenvalue weighted by Gasteiger charge is 2.15. The SMILES string of the molecule is CCOc1cccc(-c2nc3ccc(C(=O)O)cc3c(=O)[nH]2)c1OC. The first-order chi connectivity index (χ1) is 12.0. The van der Waals surface area contributed by atoms with Crippen LogP contribution < -0.4 is 15.0 Å². The van der Waals surface area contributed by atoms with E-state index in [9.17, 15) is 9.59 Å². The molecule has 0 bridgehead atoms. The Hall–Kier alpha value is -3.35. The van der Waals surface area contributed by atoms with Gasteiger partial charge in [-0.15, -0.1) is 0 Å². The fourth-order valence-corrected chi connectivity index (χ4v) is 2.58. The number of carbonyl (C=O) groups is 1. The van der Waals surface area contributed by atoms with E-state index in [-0.39, 0.29) is 10.9 Å². The van der Waals surface area contributed by atoms with Crippen molar-refractivity contribution >= 4 is 16.9 Å². The molecule has 25 heavy (non-hydrogen) atoms. The summed E-state index contributed by atoms with van der Waals surface area (Å²) in [6.07, 6.45) is 0. The largest absolute Gasteiger partial charge is 0.492 e. The van der Waals surface area contributed by atoms with Gasteiger partial charge in [0.15, 0.2) is 11.5 Å². The number of para-hydroxylation sites is 1. The number of benzene rings is 2. The number of ether oxygens (including phenoxy) is 2. The summed E-state index contributed by atoms with van der Waals surface area (Å²) in [7, 11) is 1.51. The Balaban J connectivity index is 2.21. The number of aromatic nitrogens is 2. The summed E-state index contributed by atoms with van der Waals surface area (Å²) in [5.41, 5.74) is 0.581. The number of fused-ring (bicyclic) bond motifs is 1. The van der Waals surface area contributed by atoms with Gasteiger partial charge in [0.05, 0.1) is 35.7 Å². The van der Waals surface area contributed by atoms with Crippen molar-refractivity contribution in [3.05, 3.63) is 52.3 Å². The Morgan fingerprint density at radius 2 is 2.08 bits per heavy atom. The predicted octanol–water partition coefficient (Wildman–Crippen LogP) is 2.70. The smallest absolute Gasteiger partial charge is 0.335 e. The van der Waals surface area contributed by atoms with Crippen molar-refractivity contribution in [2.24, 2.45) is 0 Å². The first kappa shape index (κ1) is 16.5. The summed E-state index contributed by atoms with van der Waals surface area (Å²) >= 11 is 0. The zero-order chi connectivity index (χ0) is 18.0. The van der Waals surface area contributed by atoms with Crippen molar-refractivity contribution in [2.75, 3.05) is 13.7 Å². The number of hydrogen-bond donors (Lipinski definition) is 2. The first-order valence-corrected chi connectivity index (χ1v) is 7.62. The molecule has 7 nitrogen and oxygen atoms in total. The van der Waals surface area contributed by atoms with Gasteiger partial charge in [0.25, 0.3) is 5.56 Å². The molecule has 0 saturated heterocycles. The molecule has 0 atom stereocenters. The average molecular weight is 340 g/mol. The van der Waals surface area contributed by atoms with Gasteiger partial charge < -0.3 is 19.6 Å².